The summed E-state index contributed by atoms with van der Waals surface area (Å²) in [6.07, 6.45) is 2.88. The van der Waals surface area contributed by atoms with E-state index in [0.29, 0.717) is 11.5 Å². The Balaban J connectivity index is 2.11. The second-order valence-corrected chi connectivity index (χ2v) is 3.22. The third kappa shape index (κ3) is 1.29. The van der Waals surface area contributed by atoms with Crippen LogP contribution in [0.1, 0.15) is 5.82 Å². The molecule has 3 rings (SSSR count). The van der Waals surface area contributed by atoms with Crippen LogP contribution in [0.4, 0.5) is 0 Å². The van der Waals surface area contributed by atoms with E-state index in [0.717, 1.165) is 0 Å². The highest BCUT2D eigenvalue weighted by atomic mass is 16.5. The Hall–Kier alpha value is -2.44. The van der Waals surface area contributed by atoms with Gasteiger partial charge < -0.3 is 4.52 Å². The summed E-state index contributed by atoms with van der Waals surface area (Å²) in [5.41, 5.74) is 0.372. The Labute approximate surface area is 88.9 Å². The highest BCUT2D eigenvalue weighted by Gasteiger charge is 2.08. The van der Waals surface area contributed by atoms with E-state index >= 15 is 0 Å². The van der Waals surface area contributed by atoms with Crippen molar-refractivity contribution in [1.82, 2.24) is 24.3 Å². The molecule has 3 heterocycles. The molecule has 0 aliphatic carbocycles. The van der Waals surface area contributed by atoms with Crippen molar-refractivity contribution < 1.29 is 4.52 Å². The molecule has 0 amide bonds. The zero-order valence-corrected chi connectivity index (χ0v) is 8.15. The zero-order valence-electron chi connectivity index (χ0n) is 8.15. The maximum absolute atomic E-state index is 11.8. The first-order valence-corrected chi connectivity index (χ1v) is 4.64. The van der Waals surface area contributed by atoms with E-state index in [1.165, 1.54) is 15.5 Å². The number of hydrogen-bond acceptors (Lipinski definition) is 5. The van der Waals surface area contributed by atoms with Gasteiger partial charge in [-0.15, -0.1) is 5.10 Å². The maximum atomic E-state index is 11.8. The van der Waals surface area contributed by atoms with Gasteiger partial charge in [0.05, 0.1) is 0 Å². The van der Waals surface area contributed by atoms with Crippen LogP contribution in [0.2, 0.25) is 0 Å². The summed E-state index contributed by atoms with van der Waals surface area (Å²) < 4.78 is 7.34. The van der Waals surface area contributed by atoms with Gasteiger partial charge in [-0.1, -0.05) is 11.2 Å². The SMILES string of the molecule is O=c1n(Cc2ncon2)nc2ccccn12. The first kappa shape index (κ1) is 8.84. The van der Waals surface area contributed by atoms with Gasteiger partial charge in [0.15, 0.2) is 11.5 Å². The topological polar surface area (TPSA) is 78.2 Å². The lowest BCUT2D eigenvalue weighted by Gasteiger charge is -1.90. The first-order valence-electron chi connectivity index (χ1n) is 4.64. The van der Waals surface area contributed by atoms with Crippen LogP contribution in [0.5, 0.6) is 0 Å². The average molecular weight is 217 g/mol. The van der Waals surface area contributed by atoms with Gasteiger partial charge in [0.1, 0.15) is 6.54 Å². The Morgan fingerprint density at radius 2 is 2.31 bits per heavy atom. The smallest absolute Gasteiger partial charge is 0.343 e. The fourth-order valence-electron chi connectivity index (χ4n) is 1.47. The maximum Gasteiger partial charge on any atom is 0.350 e. The van der Waals surface area contributed by atoms with Gasteiger partial charge >= 0.3 is 5.69 Å². The number of rotatable bonds is 2. The molecule has 0 unspecified atom stereocenters. The molecule has 80 valence electrons. The van der Waals surface area contributed by atoms with Crippen molar-refractivity contribution in [3.05, 3.63) is 47.1 Å². The van der Waals surface area contributed by atoms with Gasteiger partial charge in [-0.3, -0.25) is 4.40 Å². The fourth-order valence-corrected chi connectivity index (χ4v) is 1.47. The molecule has 0 saturated heterocycles. The first-order chi connectivity index (χ1) is 7.84. The Kier molecular flexibility index (Phi) is 1.82. The Bertz CT molecular complexity index is 667. The van der Waals surface area contributed by atoms with E-state index in [9.17, 15) is 4.79 Å². The van der Waals surface area contributed by atoms with Crippen molar-refractivity contribution >= 4 is 5.65 Å². The van der Waals surface area contributed by atoms with Crippen LogP contribution in [0.25, 0.3) is 5.65 Å². The molecule has 0 aromatic carbocycles. The summed E-state index contributed by atoms with van der Waals surface area (Å²) in [4.78, 5) is 15.7. The summed E-state index contributed by atoms with van der Waals surface area (Å²) in [7, 11) is 0. The van der Waals surface area contributed by atoms with Crippen molar-refractivity contribution in [2.45, 2.75) is 6.54 Å². The third-order valence-electron chi connectivity index (χ3n) is 2.19. The molecule has 16 heavy (non-hydrogen) atoms. The standard InChI is InChI=1S/C9H7N5O2/c15-9-13-4-2-1-3-8(13)11-14(9)5-7-10-6-16-12-7/h1-4,6H,5H2. The van der Waals surface area contributed by atoms with Gasteiger partial charge in [0, 0.05) is 6.20 Å². The molecule has 0 spiro atoms. The molecule has 0 atom stereocenters. The Morgan fingerprint density at radius 1 is 1.38 bits per heavy atom. The van der Waals surface area contributed by atoms with Crippen molar-refractivity contribution in [3.8, 4) is 0 Å². The molecular formula is C9H7N5O2. The number of nitrogens with zero attached hydrogens (tertiary/aromatic N) is 5. The average Bonchev–Trinajstić information content (AvgIpc) is 2.90. The molecule has 7 heteroatoms. The summed E-state index contributed by atoms with van der Waals surface area (Å²) in [6, 6.07) is 5.35. The van der Waals surface area contributed by atoms with Crippen LogP contribution in [0, 0.1) is 0 Å². The quantitative estimate of drug-likeness (QED) is 0.600. The highest BCUT2D eigenvalue weighted by Crippen LogP contribution is 1.97. The zero-order chi connectivity index (χ0) is 11.0. The number of fused-ring (bicyclic) bond motifs is 1. The molecule has 0 saturated carbocycles. The molecule has 0 aliphatic heterocycles. The van der Waals surface area contributed by atoms with Crippen molar-refractivity contribution in [2.24, 2.45) is 0 Å². The molecule has 3 aromatic heterocycles. The van der Waals surface area contributed by atoms with Crippen LogP contribution in [-0.2, 0) is 6.54 Å². The lowest BCUT2D eigenvalue weighted by Crippen LogP contribution is -2.22. The van der Waals surface area contributed by atoms with Crippen LogP contribution in [0.3, 0.4) is 0 Å². The van der Waals surface area contributed by atoms with Crippen LogP contribution in [-0.4, -0.2) is 24.3 Å². The summed E-state index contributed by atoms with van der Waals surface area (Å²) >= 11 is 0. The molecule has 0 bridgehead atoms. The van der Waals surface area contributed by atoms with Crippen LogP contribution >= 0.6 is 0 Å². The molecule has 0 fully saturated rings. The largest absolute Gasteiger partial charge is 0.350 e. The number of aromatic nitrogens is 5. The lowest BCUT2D eigenvalue weighted by atomic mass is 10.5. The predicted octanol–water partition coefficient (Wildman–Crippen LogP) is -0.0727. The minimum Gasteiger partial charge on any atom is -0.343 e. The van der Waals surface area contributed by atoms with Gasteiger partial charge in [0.2, 0.25) is 6.39 Å². The van der Waals surface area contributed by atoms with E-state index in [1.54, 1.807) is 18.3 Å². The normalized spacial score (nSPS) is 11.0. The molecule has 3 aromatic rings. The minimum absolute atomic E-state index is 0.205. The molecule has 0 aliphatic rings. The molecule has 7 nitrogen and oxygen atoms in total. The Morgan fingerprint density at radius 3 is 3.06 bits per heavy atom. The highest BCUT2D eigenvalue weighted by molar-refractivity contribution is 5.35. The summed E-state index contributed by atoms with van der Waals surface area (Å²) in [6.45, 7) is 0.205. The van der Waals surface area contributed by atoms with E-state index in [1.807, 2.05) is 6.07 Å². The van der Waals surface area contributed by atoms with Crippen molar-refractivity contribution in [2.75, 3.05) is 0 Å². The summed E-state index contributed by atoms with van der Waals surface area (Å²) in [5, 5.41) is 7.76. The number of hydrogen-bond donors (Lipinski definition) is 0. The fraction of sp³-hybridized carbons (Fsp3) is 0.111. The van der Waals surface area contributed by atoms with Crippen LogP contribution in [0.15, 0.2) is 40.1 Å². The van der Waals surface area contributed by atoms with E-state index in [4.69, 9.17) is 0 Å². The lowest BCUT2D eigenvalue weighted by molar-refractivity contribution is 0.406. The van der Waals surface area contributed by atoms with Crippen LogP contribution < -0.4 is 5.69 Å². The van der Waals surface area contributed by atoms with E-state index < -0.39 is 0 Å². The van der Waals surface area contributed by atoms with E-state index in [2.05, 4.69) is 19.8 Å². The molecule has 0 radical (unpaired) electrons. The van der Waals surface area contributed by atoms with Crippen molar-refractivity contribution in [1.29, 1.82) is 0 Å². The third-order valence-corrected chi connectivity index (χ3v) is 2.19. The van der Waals surface area contributed by atoms with E-state index in [-0.39, 0.29) is 12.2 Å². The van der Waals surface area contributed by atoms with Gasteiger partial charge in [0.25, 0.3) is 0 Å². The second kappa shape index (κ2) is 3.30. The predicted molar refractivity (Wildman–Crippen MR) is 52.9 cm³/mol. The number of pyridine rings is 1. The minimum atomic E-state index is -0.222. The molecule has 0 N–H and O–H groups in total. The van der Waals surface area contributed by atoms with Gasteiger partial charge in [-0.05, 0) is 12.1 Å². The van der Waals surface area contributed by atoms with Crippen molar-refractivity contribution in [3.63, 3.8) is 0 Å². The van der Waals surface area contributed by atoms with Gasteiger partial charge in [-0.2, -0.15) is 4.98 Å². The monoisotopic (exact) mass is 217 g/mol. The second-order valence-electron chi connectivity index (χ2n) is 3.22. The summed E-state index contributed by atoms with van der Waals surface area (Å²) in [5.74, 6) is 0.422. The molecular weight excluding hydrogens is 210 g/mol. The van der Waals surface area contributed by atoms with Gasteiger partial charge in [-0.25, -0.2) is 9.48 Å².